The summed E-state index contributed by atoms with van der Waals surface area (Å²) in [5, 5.41) is 12.5. The molecule has 0 bridgehead atoms. The topological polar surface area (TPSA) is 105 Å². The number of hydrogen-bond donors (Lipinski definition) is 2. The van der Waals surface area contributed by atoms with Crippen LogP contribution in [0, 0.1) is 0 Å². The molecule has 2 N–H and O–H groups in total. The molecule has 1 aliphatic carbocycles. The average Bonchev–Trinajstić information content (AvgIpc) is 3.33. The molecule has 2 aliphatic rings. The van der Waals surface area contributed by atoms with Crippen LogP contribution in [0.5, 0.6) is 0 Å². The second kappa shape index (κ2) is 9.34. The van der Waals surface area contributed by atoms with Crippen molar-refractivity contribution in [2.45, 2.75) is 56.7 Å². The predicted molar refractivity (Wildman–Crippen MR) is 130 cm³/mol. The van der Waals surface area contributed by atoms with E-state index >= 15 is 0 Å². The summed E-state index contributed by atoms with van der Waals surface area (Å²) in [6.07, 6.45) is -0.832. The number of amides is 2. The third-order valence-electron chi connectivity index (χ3n) is 7.08. The number of nitrogens with one attached hydrogen (secondary N) is 1. The summed E-state index contributed by atoms with van der Waals surface area (Å²) in [5.41, 5.74) is 2.23. The molecule has 2 aromatic carbocycles. The molecule has 8 heteroatoms. The predicted octanol–water partition coefficient (Wildman–Crippen LogP) is 3.78. The first-order valence-electron chi connectivity index (χ1n) is 11.8. The minimum Gasteiger partial charge on any atom is -0.480 e. The zero-order chi connectivity index (χ0) is 25.4. The number of likely N-dealkylation sites (tertiary alicyclic amines) is 1. The lowest BCUT2D eigenvalue weighted by molar-refractivity contribution is -0.155. The number of alkyl carbamates (subject to hydrolysis) is 1. The molecule has 35 heavy (non-hydrogen) atoms. The number of carbonyl (C=O) groups excluding carboxylic acids is 2. The fraction of sp³-hybridized carbons (Fsp3) is 0.444. The van der Waals surface area contributed by atoms with Crippen molar-refractivity contribution < 1.29 is 29.0 Å². The lowest BCUT2D eigenvalue weighted by Gasteiger charge is -2.34. The Kier molecular flexibility index (Phi) is 6.60. The Labute approximate surface area is 205 Å². The largest absolute Gasteiger partial charge is 0.480 e. The summed E-state index contributed by atoms with van der Waals surface area (Å²) in [6.45, 7) is 5.32. The average molecular weight is 481 g/mol. The number of methoxy groups -OCH3 is 1. The second-order valence-electron chi connectivity index (χ2n) is 10.2. The fourth-order valence-corrected chi connectivity index (χ4v) is 5.19. The SMILES string of the molecule is COC1CN(C(=O)CC(C)(C)NC(=O)OCC2c3ccccc3-c3ccccc32)C(C)(C(=O)O)C1. The molecule has 1 heterocycles. The Morgan fingerprint density at radius 1 is 1.09 bits per heavy atom. The van der Waals surface area contributed by atoms with E-state index in [4.69, 9.17) is 9.47 Å². The summed E-state index contributed by atoms with van der Waals surface area (Å²) in [4.78, 5) is 39.0. The number of nitrogens with zero attached hydrogens (tertiary/aromatic N) is 1. The summed E-state index contributed by atoms with van der Waals surface area (Å²) < 4.78 is 10.9. The van der Waals surface area contributed by atoms with Crippen molar-refractivity contribution in [3.8, 4) is 11.1 Å². The molecule has 186 valence electrons. The van der Waals surface area contributed by atoms with E-state index in [1.165, 1.54) is 18.9 Å². The molecule has 0 spiro atoms. The molecule has 4 rings (SSSR count). The van der Waals surface area contributed by atoms with Gasteiger partial charge in [0, 0.05) is 38.0 Å². The smallest absolute Gasteiger partial charge is 0.407 e. The van der Waals surface area contributed by atoms with Gasteiger partial charge in [-0.25, -0.2) is 9.59 Å². The summed E-state index contributed by atoms with van der Waals surface area (Å²) in [6, 6.07) is 16.2. The third kappa shape index (κ3) is 4.75. The Morgan fingerprint density at radius 2 is 1.66 bits per heavy atom. The molecular formula is C27H32N2O6. The molecule has 0 aromatic heterocycles. The summed E-state index contributed by atoms with van der Waals surface area (Å²) in [5.74, 6) is -1.50. The monoisotopic (exact) mass is 480 g/mol. The maximum Gasteiger partial charge on any atom is 0.407 e. The van der Waals surface area contributed by atoms with E-state index in [2.05, 4.69) is 17.4 Å². The van der Waals surface area contributed by atoms with Crippen LogP contribution in [0.2, 0.25) is 0 Å². The number of rotatable bonds is 7. The second-order valence-corrected chi connectivity index (χ2v) is 10.2. The highest BCUT2D eigenvalue weighted by molar-refractivity contribution is 5.88. The number of benzene rings is 2. The standard InChI is InChI=1S/C27H32N2O6/c1-26(2,14-23(30)29-15-17(34-4)13-27(29,3)24(31)32)28-25(33)35-16-22-20-11-7-5-9-18(20)19-10-6-8-12-21(19)22/h5-12,17,22H,13-16H2,1-4H3,(H,28,33)(H,31,32). The highest BCUT2D eigenvalue weighted by atomic mass is 16.5. The number of aliphatic carboxylic acids is 1. The Morgan fingerprint density at radius 3 is 2.20 bits per heavy atom. The van der Waals surface area contributed by atoms with Crippen LogP contribution in [0.1, 0.15) is 50.7 Å². The van der Waals surface area contributed by atoms with Crippen LogP contribution in [0.3, 0.4) is 0 Å². The maximum absolute atomic E-state index is 13.1. The molecule has 0 radical (unpaired) electrons. The first-order valence-corrected chi connectivity index (χ1v) is 11.8. The normalized spacial score (nSPS) is 21.4. The van der Waals surface area contributed by atoms with Gasteiger partial charge in [0.05, 0.1) is 6.10 Å². The van der Waals surface area contributed by atoms with E-state index in [9.17, 15) is 19.5 Å². The van der Waals surface area contributed by atoms with E-state index in [0.717, 1.165) is 22.3 Å². The Bertz CT molecular complexity index is 1100. The molecule has 1 fully saturated rings. The van der Waals surface area contributed by atoms with Gasteiger partial charge >= 0.3 is 12.1 Å². The van der Waals surface area contributed by atoms with Crippen molar-refractivity contribution >= 4 is 18.0 Å². The molecule has 8 nitrogen and oxygen atoms in total. The molecule has 1 saturated heterocycles. The molecule has 2 aromatic rings. The third-order valence-corrected chi connectivity index (χ3v) is 7.08. The number of carbonyl (C=O) groups is 3. The van der Waals surface area contributed by atoms with E-state index in [1.807, 2.05) is 36.4 Å². The van der Waals surface area contributed by atoms with Crippen LogP contribution in [0.4, 0.5) is 4.79 Å². The maximum atomic E-state index is 13.1. The van der Waals surface area contributed by atoms with Crippen molar-refractivity contribution in [3.05, 3.63) is 59.7 Å². The molecule has 2 unspecified atom stereocenters. The van der Waals surface area contributed by atoms with Crippen molar-refractivity contribution in [2.24, 2.45) is 0 Å². The van der Waals surface area contributed by atoms with Gasteiger partial charge in [0.2, 0.25) is 5.91 Å². The minimum absolute atomic E-state index is 0.0651. The van der Waals surface area contributed by atoms with Gasteiger partial charge in [0.25, 0.3) is 0 Å². The number of hydrogen-bond acceptors (Lipinski definition) is 5. The summed E-state index contributed by atoms with van der Waals surface area (Å²) >= 11 is 0. The number of carboxylic acids is 1. The lowest BCUT2D eigenvalue weighted by atomic mass is 9.95. The van der Waals surface area contributed by atoms with Crippen molar-refractivity contribution in [1.29, 1.82) is 0 Å². The van der Waals surface area contributed by atoms with Crippen LogP contribution in [-0.4, -0.2) is 65.4 Å². The lowest BCUT2D eigenvalue weighted by Crippen LogP contribution is -2.54. The fourth-order valence-electron chi connectivity index (χ4n) is 5.19. The van der Waals surface area contributed by atoms with Gasteiger partial charge in [-0.05, 0) is 43.0 Å². The van der Waals surface area contributed by atoms with E-state index in [-0.39, 0.29) is 43.9 Å². The van der Waals surface area contributed by atoms with Gasteiger partial charge in [-0.15, -0.1) is 0 Å². The molecular weight excluding hydrogens is 448 g/mol. The van der Waals surface area contributed by atoms with Gasteiger partial charge in [-0.2, -0.15) is 0 Å². The van der Waals surface area contributed by atoms with Gasteiger partial charge in [0.1, 0.15) is 12.1 Å². The van der Waals surface area contributed by atoms with Crippen LogP contribution < -0.4 is 5.32 Å². The van der Waals surface area contributed by atoms with Crippen LogP contribution in [-0.2, 0) is 19.1 Å². The zero-order valence-electron chi connectivity index (χ0n) is 20.5. The minimum atomic E-state index is -1.35. The van der Waals surface area contributed by atoms with Gasteiger partial charge in [-0.1, -0.05) is 48.5 Å². The Hall–Kier alpha value is -3.39. The van der Waals surface area contributed by atoms with E-state index in [0.29, 0.717) is 0 Å². The van der Waals surface area contributed by atoms with Gasteiger partial charge in [0.15, 0.2) is 0 Å². The number of fused-ring (bicyclic) bond motifs is 3. The van der Waals surface area contributed by atoms with Crippen molar-refractivity contribution in [1.82, 2.24) is 10.2 Å². The van der Waals surface area contributed by atoms with Crippen molar-refractivity contribution in [2.75, 3.05) is 20.3 Å². The first-order chi connectivity index (χ1) is 16.6. The number of carboxylic acid groups (broad SMARTS) is 1. The van der Waals surface area contributed by atoms with Crippen LogP contribution in [0.25, 0.3) is 11.1 Å². The first kappa shape index (κ1) is 24.7. The molecule has 0 saturated carbocycles. The van der Waals surface area contributed by atoms with Crippen molar-refractivity contribution in [3.63, 3.8) is 0 Å². The van der Waals surface area contributed by atoms with E-state index < -0.39 is 23.1 Å². The molecule has 2 atom stereocenters. The molecule has 1 aliphatic heterocycles. The highest BCUT2D eigenvalue weighted by Crippen LogP contribution is 2.44. The summed E-state index contributed by atoms with van der Waals surface area (Å²) in [7, 11) is 1.50. The van der Waals surface area contributed by atoms with Gasteiger partial charge in [-0.3, -0.25) is 4.79 Å². The Balaban J connectivity index is 1.39. The van der Waals surface area contributed by atoms with E-state index in [1.54, 1.807) is 13.8 Å². The van der Waals surface area contributed by atoms with Gasteiger partial charge < -0.3 is 24.8 Å². The zero-order valence-corrected chi connectivity index (χ0v) is 20.5. The number of ether oxygens (including phenoxy) is 2. The molecule has 2 amide bonds. The quantitative estimate of drug-likeness (QED) is 0.625. The van der Waals surface area contributed by atoms with Crippen LogP contribution in [0.15, 0.2) is 48.5 Å². The highest BCUT2D eigenvalue weighted by Gasteiger charge is 2.50. The van der Waals surface area contributed by atoms with Crippen LogP contribution >= 0.6 is 0 Å².